The van der Waals surface area contributed by atoms with Gasteiger partial charge in [0.1, 0.15) is 6.10 Å². The summed E-state index contributed by atoms with van der Waals surface area (Å²) in [5.41, 5.74) is 0.835. The van der Waals surface area contributed by atoms with E-state index in [1.54, 1.807) is 13.1 Å². The number of benzene rings is 1. The third-order valence-corrected chi connectivity index (χ3v) is 5.06. The quantitative estimate of drug-likeness (QED) is 0.871. The van der Waals surface area contributed by atoms with Crippen LogP contribution >= 0.6 is 0 Å². The Morgan fingerprint density at radius 2 is 2.15 bits per heavy atom. The fraction of sp³-hybridized carbons (Fsp3) is 0.526. The van der Waals surface area contributed by atoms with Crippen LogP contribution < -0.4 is 10.9 Å². The maximum Gasteiger partial charge on any atom is 0.282 e. The van der Waals surface area contributed by atoms with Crippen molar-refractivity contribution in [1.82, 2.24) is 14.9 Å². The molecule has 0 bridgehead atoms. The summed E-state index contributed by atoms with van der Waals surface area (Å²) in [5.74, 6) is 0.186. The third kappa shape index (κ3) is 3.50. The van der Waals surface area contributed by atoms with Crippen molar-refractivity contribution >= 4 is 16.9 Å². The van der Waals surface area contributed by atoms with Gasteiger partial charge in [0.05, 0.1) is 23.7 Å². The van der Waals surface area contributed by atoms with Crippen molar-refractivity contribution in [3.8, 4) is 0 Å². The lowest BCUT2D eigenvalue weighted by atomic mass is 10.1. The first-order chi connectivity index (χ1) is 12.6. The van der Waals surface area contributed by atoms with Gasteiger partial charge >= 0.3 is 0 Å². The van der Waals surface area contributed by atoms with Crippen molar-refractivity contribution in [3.63, 3.8) is 0 Å². The maximum atomic E-state index is 12.7. The van der Waals surface area contributed by atoms with Crippen molar-refractivity contribution in [2.24, 2.45) is 13.0 Å². The topological polar surface area (TPSA) is 82.5 Å². The lowest BCUT2D eigenvalue weighted by Crippen LogP contribution is -2.51. The van der Waals surface area contributed by atoms with Crippen LogP contribution in [0, 0.1) is 5.92 Å². The zero-order valence-electron chi connectivity index (χ0n) is 14.8. The van der Waals surface area contributed by atoms with Gasteiger partial charge in [-0.05, 0) is 37.3 Å². The predicted octanol–water partition coefficient (Wildman–Crippen LogP) is 1.25. The standard InChI is InChI=1S/C19H23N3O4/c1-22-15-5-3-2-4-13(15)20-17(19(22)24)18(23)21-14-8-9-25-11-16(14)26-10-12-6-7-12/h2-5,12,14,16H,6-11H2,1H3,(H,21,23)/t14-,16-/m1/s1. The minimum Gasteiger partial charge on any atom is -0.379 e. The molecule has 7 nitrogen and oxygen atoms in total. The minimum absolute atomic E-state index is 0.0846. The Bertz CT molecular complexity index is 875. The Labute approximate surface area is 151 Å². The van der Waals surface area contributed by atoms with E-state index in [1.807, 2.05) is 18.2 Å². The number of rotatable bonds is 5. The van der Waals surface area contributed by atoms with E-state index in [1.165, 1.54) is 17.4 Å². The zero-order valence-corrected chi connectivity index (χ0v) is 14.8. The summed E-state index contributed by atoms with van der Waals surface area (Å²) in [7, 11) is 1.65. The molecule has 0 spiro atoms. The molecule has 1 aliphatic heterocycles. The van der Waals surface area contributed by atoms with Crippen molar-refractivity contribution in [2.75, 3.05) is 19.8 Å². The number of fused-ring (bicyclic) bond motifs is 1. The summed E-state index contributed by atoms with van der Waals surface area (Å²) in [6, 6.07) is 7.11. The molecule has 2 heterocycles. The molecule has 1 amide bonds. The van der Waals surface area contributed by atoms with Crippen LogP contribution in [0.4, 0.5) is 0 Å². The minimum atomic E-state index is -0.455. The summed E-state index contributed by atoms with van der Waals surface area (Å²) in [6.45, 7) is 1.73. The molecule has 138 valence electrons. The molecule has 1 aromatic heterocycles. The van der Waals surface area contributed by atoms with Crippen LogP contribution in [0.1, 0.15) is 29.8 Å². The predicted molar refractivity (Wildman–Crippen MR) is 96.1 cm³/mol. The first-order valence-corrected chi connectivity index (χ1v) is 9.09. The zero-order chi connectivity index (χ0) is 18.1. The number of aromatic nitrogens is 2. The maximum absolute atomic E-state index is 12.7. The van der Waals surface area contributed by atoms with Gasteiger partial charge in [-0.1, -0.05) is 12.1 Å². The molecule has 0 radical (unpaired) electrons. The molecule has 26 heavy (non-hydrogen) atoms. The number of carbonyl (C=O) groups excluding carboxylic acids is 1. The lowest BCUT2D eigenvalue weighted by Gasteiger charge is -2.32. The normalized spacial score (nSPS) is 23.1. The van der Waals surface area contributed by atoms with Crippen LogP contribution in [0.3, 0.4) is 0 Å². The van der Waals surface area contributed by atoms with Gasteiger partial charge in [-0.3, -0.25) is 9.59 Å². The fourth-order valence-electron chi connectivity index (χ4n) is 3.25. The Morgan fingerprint density at radius 1 is 1.35 bits per heavy atom. The van der Waals surface area contributed by atoms with Gasteiger partial charge in [0.15, 0.2) is 5.69 Å². The SMILES string of the molecule is Cn1c(=O)c(C(=O)N[C@@H]2CCOC[C@H]2OCC2CC2)nc2ccccc21. The van der Waals surface area contributed by atoms with E-state index in [4.69, 9.17) is 9.47 Å². The second kappa shape index (κ2) is 7.17. The van der Waals surface area contributed by atoms with Gasteiger partial charge < -0.3 is 19.4 Å². The van der Waals surface area contributed by atoms with Crippen molar-refractivity contribution in [3.05, 3.63) is 40.3 Å². The average molecular weight is 357 g/mol. The number of hydrogen-bond donors (Lipinski definition) is 1. The van der Waals surface area contributed by atoms with Gasteiger partial charge in [-0.15, -0.1) is 0 Å². The number of para-hydroxylation sites is 2. The Balaban J connectivity index is 1.54. The Kier molecular flexibility index (Phi) is 4.74. The number of amides is 1. The van der Waals surface area contributed by atoms with Gasteiger partial charge in [-0.2, -0.15) is 0 Å². The molecule has 2 fully saturated rings. The summed E-state index contributed by atoms with van der Waals surface area (Å²) in [4.78, 5) is 29.6. The molecule has 2 atom stereocenters. The number of nitrogens with one attached hydrogen (secondary N) is 1. The smallest absolute Gasteiger partial charge is 0.282 e. The first kappa shape index (κ1) is 17.2. The number of nitrogens with zero attached hydrogens (tertiary/aromatic N) is 2. The highest BCUT2D eigenvalue weighted by molar-refractivity contribution is 5.94. The molecule has 2 aliphatic rings. The summed E-state index contributed by atoms with van der Waals surface area (Å²) in [6.07, 6.45) is 2.90. The highest BCUT2D eigenvalue weighted by Gasteiger charge is 2.31. The molecule has 0 unspecified atom stereocenters. The number of carbonyl (C=O) groups is 1. The van der Waals surface area contributed by atoms with E-state index in [0.717, 1.165) is 0 Å². The Morgan fingerprint density at radius 3 is 2.96 bits per heavy atom. The lowest BCUT2D eigenvalue weighted by molar-refractivity contribution is -0.0697. The van der Waals surface area contributed by atoms with Gasteiger partial charge in [0.25, 0.3) is 11.5 Å². The van der Waals surface area contributed by atoms with E-state index in [2.05, 4.69) is 10.3 Å². The van der Waals surface area contributed by atoms with E-state index >= 15 is 0 Å². The molecular weight excluding hydrogens is 334 g/mol. The molecule has 4 rings (SSSR count). The van der Waals surface area contributed by atoms with Crippen LogP contribution in [0.25, 0.3) is 11.0 Å². The molecule has 1 aromatic carbocycles. The molecular formula is C19H23N3O4. The third-order valence-electron chi connectivity index (χ3n) is 5.06. The van der Waals surface area contributed by atoms with Crippen molar-refractivity contribution < 1.29 is 14.3 Å². The number of ether oxygens (including phenoxy) is 2. The highest BCUT2D eigenvalue weighted by Crippen LogP contribution is 2.29. The van der Waals surface area contributed by atoms with E-state index < -0.39 is 11.5 Å². The largest absolute Gasteiger partial charge is 0.379 e. The van der Waals surface area contributed by atoms with Crippen LogP contribution in [0.5, 0.6) is 0 Å². The summed E-state index contributed by atoms with van der Waals surface area (Å²) < 4.78 is 12.9. The molecule has 1 N–H and O–H groups in total. The number of aryl methyl sites for hydroxylation is 1. The number of hydrogen-bond acceptors (Lipinski definition) is 5. The second-order valence-electron chi connectivity index (χ2n) is 7.07. The summed E-state index contributed by atoms with van der Waals surface area (Å²) >= 11 is 0. The average Bonchev–Trinajstić information content (AvgIpc) is 3.48. The molecule has 1 aliphatic carbocycles. The van der Waals surface area contributed by atoms with Crippen LogP contribution in [0.2, 0.25) is 0 Å². The Hall–Kier alpha value is -2.25. The van der Waals surface area contributed by atoms with Crippen LogP contribution in [-0.4, -0.2) is 47.4 Å². The van der Waals surface area contributed by atoms with E-state index in [-0.39, 0.29) is 17.8 Å². The molecule has 1 saturated carbocycles. The van der Waals surface area contributed by atoms with Gasteiger partial charge in [0, 0.05) is 20.3 Å². The molecule has 2 aromatic rings. The summed E-state index contributed by atoms with van der Waals surface area (Å²) in [5, 5.41) is 2.94. The van der Waals surface area contributed by atoms with E-state index in [9.17, 15) is 9.59 Å². The molecule has 1 saturated heterocycles. The van der Waals surface area contributed by atoms with Crippen molar-refractivity contribution in [1.29, 1.82) is 0 Å². The van der Waals surface area contributed by atoms with Crippen LogP contribution in [0.15, 0.2) is 29.1 Å². The molecule has 7 heteroatoms. The fourth-order valence-corrected chi connectivity index (χ4v) is 3.25. The van der Waals surface area contributed by atoms with Gasteiger partial charge in [-0.25, -0.2) is 4.98 Å². The highest BCUT2D eigenvalue weighted by atomic mass is 16.5. The van der Waals surface area contributed by atoms with Gasteiger partial charge in [0.2, 0.25) is 0 Å². The second-order valence-corrected chi connectivity index (χ2v) is 7.07. The monoisotopic (exact) mass is 357 g/mol. The van der Waals surface area contributed by atoms with E-state index in [0.29, 0.717) is 43.2 Å². The van der Waals surface area contributed by atoms with Crippen molar-refractivity contribution in [2.45, 2.75) is 31.4 Å². The first-order valence-electron chi connectivity index (χ1n) is 9.09. The van der Waals surface area contributed by atoms with Crippen LogP contribution in [-0.2, 0) is 16.5 Å².